The maximum absolute atomic E-state index is 14.0. The Labute approximate surface area is 257 Å². The number of ether oxygens (including phenoxy) is 2. The van der Waals surface area contributed by atoms with E-state index in [1.807, 2.05) is 31.2 Å². The number of allylic oxidation sites excluding steroid dienone is 1. The van der Waals surface area contributed by atoms with E-state index in [4.69, 9.17) is 18.9 Å². The summed E-state index contributed by atoms with van der Waals surface area (Å²) in [7, 11) is 1.47. The fraction of sp³-hybridized carbons (Fsp3) is 0.303. The van der Waals surface area contributed by atoms with E-state index in [1.54, 1.807) is 29.7 Å². The molecule has 4 aromatic rings. The van der Waals surface area contributed by atoms with E-state index in [2.05, 4.69) is 13.8 Å². The van der Waals surface area contributed by atoms with Gasteiger partial charge in [0.05, 0.1) is 46.0 Å². The molecule has 0 fully saturated rings. The molecule has 0 N–H and O–H groups in total. The maximum atomic E-state index is 14.0. The number of aromatic nitrogens is 1. The predicted octanol–water partition coefficient (Wildman–Crippen LogP) is 5.88. The first-order valence-corrected chi connectivity index (χ1v) is 15.2. The summed E-state index contributed by atoms with van der Waals surface area (Å²) in [5.41, 5.74) is 2.88. The fourth-order valence-corrected chi connectivity index (χ4v) is 6.21. The molecule has 0 saturated heterocycles. The number of hydrogen-bond acceptors (Lipinski definition) is 9. The van der Waals surface area contributed by atoms with Gasteiger partial charge >= 0.3 is 5.97 Å². The first kappa shape index (κ1) is 30.7. The lowest BCUT2D eigenvalue weighted by Crippen LogP contribution is -2.40. The minimum absolute atomic E-state index is 0.103. The molecule has 3 heterocycles. The van der Waals surface area contributed by atoms with E-state index in [1.165, 1.54) is 36.6 Å². The van der Waals surface area contributed by atoms with Crippen molar-refractivity contribution in [1.82, 2.24) is 4.57 Å². The Morgan fingerprint density at radius 3 is 2.55 bits per heavy atom. The molecular formula is C33H33N3O7S. The van der Waals surface area contributed by atoms with Gasteiger partial charge in [0.1, 0.15) is 17.3 Å². The monoisotopic (exact) mass is 615 g/mol. The van der Waals surface area contributed by atoms with Crippen LogP contribution in [0.4, 0.5) is 5.69 Å². The number of hydrogen-bond donors (Lipinski definition) is 0. The van der Waals surface area contributed by atoms with Crippen molar-refractivity contribution in [1.29, 1.82) is 0 Å². The van der Waals surface area contributed by atoms with Crippen LogP contribution in [0.25, 0.3) is 17.4 Å². The van der Waals surface area contributed by atoms with E-state index >= 15 is 0 Å². The van der Waals surface area contributed by atoms with Crippen LogP contribution in [-0.4, -0.2) is 29.2 Å². The molecule has 1 atom stereocenters. The Balaban J connectivity index is 1.66. The molecular weight excluding hydrogens is 582 g/mol. The highest BCUT2D eigenvalue weighted by Gasteiger charge is 2.34. The average molecular weight is 616 g/mol. The Hall–Kier alpha value is -4.77. The second-order valence-electron chi connectivity index (χ2n) is 10.6. The van der Waals surface area contributed by atoms with Crippen molar-refractivity contribution < 1.29 is 23.6 Å². The molecule has 1 aliphatic heterocycles. The molecule has 5 rings (SSSR count). The van der Waals surface area contributed by atoms with Gasteiger partial charge in [-0.2, -0.15) is 0 Å². The number of nitrogens with zero attached hydrogens (tertiary/aromatic N) is 3. The molecule has 0 radical (unpaired) electrons. The van der Waals surface area contributed by atoms with Gasteiger partial charge in [0.15, 0.2) is 4.80 Å². The van der Waals surface area contributed by atoms with E-state index in [0.717, 1.165) is 17.5 Å². The van der Waals surface area contributed by atoms with Crippen LogP contribution in [0.2, 0.25) is 0 Å². The van der Waals surface area contributed by atoms with E-state index < -0.39 is 16.9 Å². The van der Waals surface area contributed by atoms with Gasteiger partial charge in [-0.15, -0.1) is 0 Å². The van der Waals surface area contributed by atoms with Gasteiger partial charge in [-0.05, 0) is 48.6 Å². The van der Waals surface area contributed by atoms with Crippen molar-refractivity contribution >= 4 is 29.1 Å². The molecule has 2 aromatic heterocycles. The van der Waals surface area contributed by atoms with Crippen LogP contribution in [0.5, 0.6) is 5.75 Å². The number of carbonyl (C=O) groups is 1. The zero-order valence-electron chi connectivity index (χ0n) is 25.2. The van der Waals surface area contributed by atoms with Crippen molar-refractivity contribution in [2.45, 2.75) is 52.5 Å². The SMILES string of the molecule is CCCC1=C(C(=O)OCC)C(c2ccc(C(C)C)cc2)n2c(s/c(=C\c3ccc(-c4cc([N+](=O)[O-])ccc4OC)o3)c2=O)=N1. The summed E-state index contributed by atoms with van der Waals surface area (Å²) in [4.78, 5) is 43.6. The zero-order valence-corrected chi connectivity index (χ0v) is 26.0. The number of methoxy groups -OCH3 is 1. The standard InChI is InChI=1S/C33H33N3O7S/c1-6-8-25-29(32(38)42-7-2)30(21-11-9-20(10-12-21)19(3)4)35-31(37)28(44-33(35)34-25)18-23-14-16-27(43-23)24-17-22(36(39)40)13-15-26(24)41-5/h9-19,30H,6-8H2,1-5H3/b28-18-. The van der Waals surface area contributed by atoms with Crippen LogP contribution in [0, 0.1) is 10.1 Å². The Morgan fingerprint density at radius 2 is 1.91 bits per heavy atom. The summed E-state index contributed by atoms with van der Waals surface area (Å²) in [6.45, 7) is 8.17. The molecule has 228 valence electrons. The maximum Gasteiger partial charge on any atom is 0.338 e. The molecule has 0 amide bonds. The summed E-state index contributed by atoms with van der Waals surface area (Å²) >= 11 is 1.21. The number of carbonyl (C=O) groups excluding carboxylic acids is 1. The Bertz CT molecular complexity index is 1930. The normalized spacial score (nSPS) is 14.9. The largest absolute Gasteiger partial charge is 0.496 e. The molecule has 1 aliphatic rings. The second kappa shape index (κ2) is 12.8. The van der Waals surface area contributed by atoms with Crippen LogP contribution < -0.4 is 19.6 Å². The minimum atomic E-state index is -0.712. The summed E-state index contributed by atoms with van der Waals surface area (Å²) < 4.78 is 18.8. The molecule has 0 saturated carbocycles. The number of furan rings is 1. The van der Waals surface area contributed by atoms with E-state index in [-0.39, 0.29) is 17.9 Å². The number of esters is 1. The smallest absolute Gasteiger partial charge is 0.338 e. The van der Waals surface area contributed by atoms with Crippen molar-refractivity contribution in [2.24, 2.45) is 4.99 Å². The summed E-state index contributed by atoms with van der Waals surface area (Å²) in [5.74, 6) is 0.960. The lowest BCUT2D eigenvalue weighted by molar-refractivity contribution is -0.384. The van der Waals surface area contributed by atoms with Crippen LogP contribution in [0.15, 0.2) is 80.1 Å². The van der Waals surface area contributed by atoms with Gasteiger partial charge in [0.25, 0.3) is 11.2 Å². The van der Waals surface area contributed by atoms with Gasteiger partial charge in [0, 0.05) is 18.2 Å². The van der Waals surface area contributed by atoms with E-state index in [0.29, 0.717) is 55.8 Å². The number of thiazole rings is 1. The van der Waals surface area contributed by atoms with Crippen LogP contribution >= 0.6 is 11.3 Å². The first-order valence-electron chi connectivity index (χ1n) is 14.4. The molecule has 2 aromatic carbocycles. The first-order chi connectivity index (χ1) is 21.2. The number of benzene rings is 2. The number of non-ortho nitro benzene ring substituents is 1. The van der Waals surface area contributed by atoms with Crippen LogP contribution in [0.3, 0.4) is 0 Å². The summed E-state index contributed by atoms with van der Waals surface area (Å²) in [6, 6.07) is 14.8. The minimum Gasteiger partial charge on any atom is -0.496 e. The van der Waals surface area contributed by atoms with Gasteiger partial charge in [0.2, 0.25) is 0 Å². The van der Waals surface area contributed by atoms with Gasteiger partial charge in [-0.3, -0.25) is 19.5 Å². The second-order valence-corrected chi connectivity index (χ2v) is 11.6. The lowest BCUT2D eigenvalue weighted by atomic mass is 9.92. The lowest BCUT2D eigenvalue weighted by Gasteiger charge is -2.26. The number of nitro benzene ring substituents is 1. The van der Waals surface area contributed by atoms with Gasteiger partial charge in [-0.25, -0.2) is 9.79 Å². The molecule has 1 unspecified atom stereocenters. The van der Waals surface area contributed by atoms with Gasteiger partial charge in [-0.1, -0.05) is 62.8 Å². The third kappa shape index (κ3) is 5.87. The van der Waals surface area contributed by atoms with Crippen LogP contribution in [0.1, 0.15) is 69.4 Å². The molecule has 0 bridgehead atoms. The highest BCUT2D eigenvalue weighted by atomic mass is 32.1. The average Bonchev–Trinajstić information content (AvgIpc) is 3.60. The third-order valence-corrected chi connectivity index (χ3v) is 8.35. The van der Waals surface area contributed by atoms with Gasteiger partial charge < -0.3 is 13.9 Å². The highest BCUT2D eigenvalue weighted by Crippen LogP contribution is 2.35. The molecule has 10 nitrogen and oxygen atoms in total. The summed E-state index contributed by atoms with van der Waals surface area (Å²) in [6.07, 6.45) is 2.92. The van der Waals surface area contributed by atoms with Crippen molar-refractivity contribution in [3.05, 3.63) is 113 Å². The molecule has 11 heteroatoms. The third-order valence-electron chi connectivity index (χ3n) is 7.37. The summed E-state index contributed by atoms with van der Waals surface area (Å²) in [5, 5.41) is 11.4. The molecule has 0 aliphatic carbocycles. The topological polar surface area (TPSA) is 126 Å². The van der Waals surface area contributed by atoms with Crippen molar-refractivity contribution in [3.8, 4) is 17.1 Å². The molecule has 0 spiro atoms. The number of nitro groups is 1. The van der Waals surface area contributed by atoms with E-state index in [9.17, 15) is 19.7 Å². The highest BCUT2D eigenvalue weighted by molar-refractivity contribution is 7.07. The Kier molecular flexibility index (Phi) is 8.96. The zero-order chi connectivity index (χ0) is 31.5. The van der Waals surface area contributed by atoms with Crippen LogP contribution in [-0.2, 0) is 9.53 Å². The van der Waals surface area contributed by atoms with Crippen molar-refractivity contribution in [3.63, 3.8) is 0 Å². The number of rotatable bonds is 10. The quantitative estimate of drug-likeness (QED) is 0.124. The molecule has 44 heavy (non-hydrogen) atoms. The Morgan fingerprint density at radius 1 is 1.16 bits per heavy atom. The van der Waals surface area contributed by atoms with Crippen molar-refractivity contribution in [2.75, 3.05) is 13.7 Å². The fourth-order valence-electron chi connectivity index (χ4n) is 5.21. The number of fused-ring (bicyclic) bond motifs is 1. The predicted molar refractivity (Wildman–Crippen MR) is 168 cm³/mol.